The maximum absolute atomic E-state index is 6.16. The zero-order valence-electron chi connectivity index (χ0n) is 11.6. The fraction of sp³-hybridized carbons (Fsp3) is 0.200. The van der Waals surface area contributed by atoms with E-state index in [1.54, 1.807) is 17.5 Å². The van der Waals surface area contributed by atoms with E-state index in [-0.39, 0.29) is 0 Å². The van der Waals surface area contributed by atoms with Gasteiger partial charge in [0.15, 0.2) is 5.82 Å². The first-order chi connectivity index (χ1) is 10.3. The highest BCUT2D eigenvalue weighted by molar-refractivity contribution is 7.17. The molecule has 0 fully saturated rings. The second-order valence-corrected chi connectivity index (χ2v) is 5.97. The van der Waals surface area contributed by atoms with Gasteiger partial charge in [0, 0.05) is 16.9 Å². The van der Waals surface area contributed by atoms with Crippen LogP contribution in [0.15, 0.2) is 35.8 Å². The molecule has 0 saturated heterocycles. The number of fused-ring (bicyclic) bond motifs is 1. The average molecular weight is 319 g/mol. The number of halogens is 1. The van der Waals surface area contributed by atoms with Gasteiger partial charge >= 0.3 is 0 Å². The zero-order chi connectivity index (χ0) is 14.7. The number of aromatic nitrogens is 2. The number of hydrogen-bond donors (Lipinski definition) is 2. The first kappa shape index (κ1) is 14.1. The third kappa shape index (κ3) is 3.25. The van der Waals surface area contributed by atoms with E-state index in [4.69, 9.17) is 11.6 Å². The van der Waals surface area contributed by atoms with Crippen molar-refractivity contribution in [2.24, 2.45) is 0 Å². The van der Waals surface area contributed by atoms with E-state index in [2.05, 4.69) is 51.1 Å². The number of thiophene rings is 1. The molecule has 0 amide bonds. The lowest BCUT2D eigenvalue weighted by molar-refractivity contribution is 0.953. The van der Waals surface area contributed by atoms with E-state index < -0.39 is 0 Å². The highest BCUT2D eigenvalue weighted by Crippen LogP contribution is 2.28. The van der Waals surface area contributed by atoms with Crippen LogP contribution in [0.2, 0.25) is 5.02 Å². The molecule has 2 heterocycles. The van der Waals surface area contributed by atoms with Gasteiger partial charge < -0.3 is 10.6 Å². The number of hydrogen-bond acceptors (Lipinski definition) is 5. The Hall–Kier alpha value is -1.85. The van der Waals surface area contributed by atoms with Crippen molar-refractivity contribution in [3.8, 4) is 0 Å². The molecule has 0 bridgehead atoms. The van der Waals surface area contributed by atoms with Gasteiger partial charge in [0.05, 0.1) is 6.20 Å². The quantitative estimate of drug-likeness (QED) is 0.701. The molecule has 0 saturated carbocycles. The molecule has 0 radical (unpaired) electrons. The molecule has 0 aliphatic rings. The molecule has 0 aliphatic carbocycles. The van der Waals surface area contributed by atoms with Gasteiger partial charge in [-0.05, 0) is 41.5 Å². The molecular formula is C15H15ClN4S. The lowest BCUT2D eigenvalue weighted by Crippen LogP contribution is -2.06. The summed E-state index contributed by atoms with van der Waals surface area (Å²) in [5.74, 6) is 1.19. The van der Waals surface area contributed by atoms with Gasteiger partial charge in [-0.15, -0.1) is 11.3 Å². The van der Waals surface area contributed by atoms with Gasteiger partial charge in [-0.1, -0.05) is 18.5 Å². The smallest absolute Gasteiger partial charge is 0.224 e. The summed E-state index contributed by atoms with van der Waals surface area (Å²) in [5, 5.41) is 10.2. The summed E-state index contributed by atoms with van der Waals surface area (Å²) in [4.78, 5) is 8.58. The molecule has 4 nitrogen and oxygen atoms in total. The molecule has 0 unspecified atom stereocenters. The molecule has 21 heavy (non-hydrogen) atoms. The largest absolute Gasteiger partial charge is 0.354 e. The van der Waals surface area contributed by atoms with Crippen LogP contribution in [-0.4, -0.2) is 16.5 Å². The lowest BCUT2D eigenvalue weighted by Gasteiger charge is -2.09. The minimum Gasteiger partial charge on any atom is -0.354 e. The normalized spacial score (nSPS) is 10.8. The van der Waals surface area contributed by atoms with Crippen LogP contribution in [0.25, 0.3) is 10.1 Å². The minimum absolute atomic E-state index is 0.502. The maximum atomic E-state index is 6.16. The molecule has 2 aromatic heterocycles. The fourth-order valence-electron chi connectivity index (χ4n) is 1.96. The van der Waals surface area contributed by atoms with E-state index in [9.17, 15) is 0 Å². The van der Waals surface area contributed by atoms with Crippen LogP contribution < -0.4 is 10.6 Å². The van der Waals surface area contributed by atoms with Crippen molar-refractivity contribution in [1.29, 1.82) is 0 Å². The van der Waals surface area contributed by atoms with E-state index in [0.717, 1.165) is 18.7 Å². The van der Waals surface area contributed by atoms with Gasteiger partial charge in [0.2, 0.25) is 5.95 Å². The molecule has 108 valence electrons. The van der Waals surface area contributed by atoms with E-state index in [0.29, 0.717) is 16.8 Å². The summed E-state index contributed by atoms with van der Waals surface area (Å²) in [5.41, 5.74) is 0.961. The molecule has 0 aliphatic heterocycles. The minimum atomic E-state index is 0.502. The molecule has 1 aromatic carbocycles. The van der Waals surface area contributed by atoms with E-state index >= 15 is 0 Å². The number of rotatable bonds is 5. The lowest BCUT2D eigenvalue weighted by atomic mass is 10.2. The molecule has 3 aromatic rings. The third-order valence-corrected chi connectivity index (χ3v) is 4.17. The molecule has 0 spiro atoms. The maximum Gasteiger partial charge on any atom is 0.224 e. The van der Waals surface area contributed by atoms with Gasteiger partial charge in [-0.3, -0.25) is 0 Å². The van der Waals surface area contributed by atoms with Crippen molar-refractivity contribution in [3.05, 3.63) is 40.9 Å². The second kappa shape index (κ2) is 6.28. The fourth-order valence-corrected chi connectivity index (χ4v) is 2.87. The monoisotopic (exact) mass is 318 g/mol. The van der Waals surface area contributed by atoms with E-state index in [1.165, 1.54) is 10.1 Å². The molecule has 6 heteroatoms. The number of anilines is 3. The van der Waals surface area contributed by atoms with Crippen LogP contribution >= 0.6 is 22.9 Å². The molecule has 3 rings (SSSR count). The van der Waals surface area contributed by atoms with Crippen molar-refractivity contribution >= 4 is 50.5 Å². The Morgan fingerprint density at radius 1 is 1.29 bits per heavy atom. The van der Waals surface area contributed by atoms with Crippen LogP contribution in [0.1, 0.15) is 13.3 Å². The summed E-state index contributed by atoms with van der Waals surface area (Å²) >= 11 is 7.89. The number of nitrogens with zero attached hydrogens (tertiary/aromatic N) is 2. The summed E-state index contributed by atoms with van der Waals surface area (Å²) in [7, 11) is 0. The molecule has 0 atom stereocenters. The number of nitrogens with one attached hydrogen (secondary N) is 2. The summed E-state index contributed by atoms with van der Waals surface area (Å²) in [6, 6.07) is 8.30. The van der Waals surface area contributed by atoms with Crippen molar-refractivity contribution in [1.82, 2.24) is 9.97 Å². The first-order valence-corrected chi connectivity index (χ1v) is 8.02. The third-order valence-electron chi connectivity index (χ3n) is 2.99. The van der Waals surface area contributed by atoms with Gasteiger partial charge in [0.1, 0.15) is 5.02 Å². The van der Waals surface area contributed by atoms with Crippen LogP contribution in [0.4, 0.5) is 17.5 Å². The Labute approximate surface area is 132 Å². The summed E-state index contributed by atoms with van der Waals surface area (Å²) in [6.07, 6.45) is 2.63. The van der Waals surface area contributed by atoms with E-state index in [1.807, 2.05) is 6.07 Å². The Balaban J connectivity index is 1.85. The highest BCUT2D eigenvalue weighted by atomic mass is 35.5. The number of benzene rings is 1. The SMILES string of the molecule is CCCNc1ncc(Cl)c(Nc2ccc3sccc3c2)n1. The Bertz CT molecular complexity index is 756. The molecular weight excluding hydrogens is 304 g/mol. The van der Waals surface area contributed by atoms with Crippen molar-refractivity contribution in [2.75, 3.05) is 17.2 Å². The summed E-state index contributed by atoms with van der Waals surface area (Å²) < 4.78 is 1.26. The Kier molecular flexibility index (Phi) is 4.22. The predicted molar refractivity (Wildman–Crippen MR) is 90.9 cm³/mol. The zero-order valence-corrected chi connectivity index (χ0v) is 13.1. The van der Waals surface area contributed by atoms with Gasteiger partial charge in [-0.25, -0.2) is 4.98 Å². The standard InChI is InChI=1S/C15H15ClN4S/c1-2-6-17-15-18-9-12(16)14(20-15)19-11-3-4-13-10(8-11)5-7-21-13/h3-5,7-9H,2,6H2,1H3,(H2,17,18,19,20). The molecule has 2 N–H and O–H groups in total. The van der Waals surface area contributed by atoms with Crippen molar-refractivity contribution in [2.45, 2.75) is 13.3 Å². The predicted octanol–water partition coefficient (Wildman–Crippen LogP) is 4.91. The Morgan fingerprint density at radius 3 is 3.05 bits per heavy atom. The summed E-state index contributed by atoms with van der Waals surface area (Å²) in [6.45, 7) is 2.93. The van der Waals surface area contributed by atoms with Gasteiger partial charge in [0.25, 0.3) is 0 Å². The van der Waals surface area contributed by atoms with Gasteiger partial charge in [-0.2, -0.15) is 4.98 Å². The van der Waals surface area contributed by atoms with Crippen molar-refractivity contribution < 1.29 is 0 Å². The average Bonchev–Trinajstić information content (AvgIpc) is 2.95. The van der Waals surface area contributed by atoms with Crippen LogP contribution in [0.5, 0.6) is 0 Å². The second-order valence-electron chi connectivity index (χ2n) is 4.62. The van der Waals surface area contributed by atoms with Crippen LogP contribution in [-0.2, 0) is 0 Å². The topological polar surface area (TPSA) is 49.8 Å². The highest BCUT2D eigenvalue weighted by Gasteiger charge is 2.06. The Morgan fingerprint density at radius 2 is 2.19 bits per heavy atom. The first-order valence-electron chi connectivity index (χ1n) is 6.77. The van der Waals surface area contributed by atoms with Crippen LogP contribution in [0, 0.1) is 0 Å². The van der Waals surface area contributed by atoms with Crippen molar-refractivity contribution in [3.63, 3.8) is 0 Å². The van der Waals surface area contributed by atoms with Crippen LogP contribution in [0.3, 0.4) is 0 Å².